The second kappa shape index (κ2) is 18.5. The van der Waals surface area contributed by atoms with Gasteiger partial charge >= 0.3 is 284 Å². The zero-order chi connectivity index (χ0) is 44.9. The molecule has 2 N–H and O–H groups in total. The van der Waals surface area contributed by atoms with Crippen LogP contribution in [0.1, 0.15) is 82.7 Å². The minimum absolute atomic E-state index is 0.103. The summed E-state index contributed by atoms with van der Waals surface area (Å²) in [6.45, 7) is 17.3. The fourth-order valence-electron chi connectivity index (χ4n) is 11.0. The number of fused-ring (bicyclic) bond motifs is 8. The number of hydrogen-bond donors (Lipinski definition) is 2. The number of aliphatic hydroxyl groups is 1. The van der Waals surface area contributed by atoms with Gasteiger partial charge in [-0.25, -0.2) is 0 Å². The number of aromatic nitrogens is 2. The van der Waals surface area contributed by atoms with Crippen molar-refractivity contribution in [1.82, 2.24) is 29.8 Å². The summed E-state index contributed by atoms with van der Waals surface area (Å²) >= 11 is -3.34. The molecule has 5 aliphatic rings. The molecule has 0 spiro atoms. The molecule has 7 atom stereocenters. The van der Waals surface area contributed by atoms with Crippen molar-refractivity contribution in [3.8, 4) is 11.3 Å². The van der Waals surface area contributed by atoms with E-state index < -0.39 is 54.7 Å². The Morgan fingerprint density at radius 2 is 1.97 bits per heavy atom. The van der Waals surface area contributed by atoms with Crippen LogP contribution in [-0.4, -0.2) is 143 Å². The topological polar surface area (TPSA) is 159 Å². The van der Waals surface area contributed by atoms with Gasteiger partial charge in [-0.3, -0.25) is 4.98 Å². The standard InChI is InChI=1S/C39H49N6O5.C8H10NO2.CH3.In/c1-7-44-30-13-12-24-19-27(30)32-33(36(49-6)34-26(35(32)44)10-8-15-40-34)39(4,5)22-50-38(48)28-11-9-16-45(42-28)37(47)29(41-31(46)18-23(2)3)21-43-17-14-25(24)20-43;1-2-8(11)9-4-3-7(5-9)6-10;;/h8,10,12-15,18-19,23,28,33,36,38,42,48H,7,9,11,16-17,20-22H2,1-6H3;2,7H,1,3-5H2;1H3;/t28-,33?,36-,38?;7-;;/m00../s1. The maximum atomic E-state index is 14.7. The molecular weight excluding hydrogens is 901 g/mol. The number of carbonyl (C=O) groups excluding carboxylic acids is 4. The molecular formula is C48H62InN7O7. The molecule has 2 aromatic heterocycles. The Balaban J connectivity index is 1.17. The Kier molecular flexibility index (Phi) is 13.4. The summed E-state index contributed by atoms with van der Waals surface area (Å²) in [5.41, 5.74) is 10.3. The van der Waals surface area contributed by atoms with E-state index in [0.29, 0.717) is 52.0 Å². The van der Waals surface area contributed by atoms with E-state index in [1.807, 2.05) is 30.8 Å². The molecule has 6 heterocycles. The molecule has 3 unspecified atom stereocenters. The molecule has 4 aliphatic heterocycles. The van der Waals surface area contributed by atoms with Crippen LogP contribution in [0.5, 0.6) is 0 Å². The van der Waals surface area contributed by atoms with E-state index in [0.717, 1.165) is 45.5 Å². The van der Waals surface area contributed by atoms with Crippen LogP contribution in [0.3, 0.4) is 0 Å². The molecule has 334 valence electrons. The van der Waals surface area contributed by atoms with Crippen molar-refractivity contribution in [2.75, 3.05) is 53.0 Å². The molecule has 2 saturated heterocycles. The van der Waals surface area contributed by atoms with Gasteiger partial charge in [0.15, 0.2) is 0 Å². The van der Waals surface area contributed by atoms with Gasteiger partial charge in [0.1, 0.15) is 6.10 Å². The van der Waals surface area contributed by atoms with Crippen molar-refractivity contribution in [3.05, 3.63) is 72.1 Å². The number of hydrazine groups is 1. The van der Waals surface area contributed by atoms with Crippen LogP contribution in [0, 0.1) is 17.3 Å². The zero-order valence-electron chi connectivity index (χ0n) is 37.8. The number of aryl methyl sites for hydroxylation is 1. The van der Waals surface area contributed by atoms with Crippen LogP contribution in [0.25, 0.3) is 27.7 Å². The van der Waals surface area contributed by atoms with Crippen molar-refractivity contribution in [3.63, 3.8) is 0 Å². The summed E-state index contributed by atoms with van der Waals surface area (Å²) < 4.78 is 16.7. The SMILES string of the molecule is C=CC(=O)N1CC[C@H]([C](=O)[In]([CH3])[C@H](C(=O)N=C2CN3CC=C(C3)c3ccc4c(c3)c3c(n4CC)-c4cccnc4[C@@H](OC)C3C(C)(C)COC(O)[C@@H]3CCCN(N3)C2=O)C(C)C)C1. The first-order chi connectivity index (χ1) is 30.2. The van der Waals surface area contributed by atoms with Gasteiger partial charge < -0.3 is 9.30 Å². The van der Waals surface area contributed by atoms with Gasteiger partial charge in [-0.2, -0.15) is 0 Å². The molecule has 63 heavy (non-hydrogen) atoms. The van der Waals surface area contributed by atoms with Crippen LogP contribution in [0.15, 0.2) is 60.3 Å². The van der Waals surface area contributed by atoms with Crippen molar-refractivity contribution in [2.45, 2.75) is 93.1 Å². The number of nitrogens with one attached hydrogen (secondary N) is 1. The Labute approximate surface area is 378 Å². The molecule has 6 bridgehead atoms. The van der Waals surface area contributed by atoms with E-state index in [1.54, 1.807) is 12.0 Å². The number of aliphatic imine (C=N–C) groups is 1. The first kappa shape index (κ1) is 45.6. The van der Waals surface area contributed by atoms with Crippen LogP contribution in [-0.2, 0) is 35.2 Å². The van der Waals surface area contributed by atoms with E-state index in [9.17, 15) is 24.3 Å². The maximum absolute atomic E-state index is 14.7. The average molecular weight is 964 g/mol. The fourth-order valence-corrected chi connectivity index (χ4v) is 19.6. The number of pyridine rings is 1. The molecule has 3 amide bonds. The van der Waals surface area contributed by atoms with Gasteiger partial charge in [-0.1, -0.05) is 13.8 Å². The van der Waals surface area contributed by atoms with E-state index in [-0.39, 0.29) is 52.2 Å². The van der Waals surface area contributed by atoms with E-state index >= 15 is 0 Å². The quantitative estimate of drug-likeness (QED) is 0.283. The summed E-state index contributed by atoms with van der Waals surface area (Å²) in [6.07, 6.45) is 5.40. The average Bonchev–Trinajstić information content (AvgIpc) is 4.04. The van der Waals surface area contributed by atoms with Gasteiger partial charge in [0, 0.05) is 31.3 Å². The molecule has 2 fully saturated rings. The number of amides is 3. The first-order valence-electron chi connectivity index (χ1n) is 22.7. The third-order valence-electron chi connectivity index (χ3n) is 14.2. The summed E-state index contributed by atoms with van der Waals surface area (Å²) in [7, 11) is 1.74. The fraction of sp³-hybridized carbons (Fsp3) is 0.542. The van der Waals surface area contributed by atoms with Crippen molar-refractivity contribution < 1.29 is 33.8 Å². The summed E-state index contributed by atoms with van der Waals surface area (Å²) in [4.78, 5) is 68.8. The third kappa shape index (κ3) is 8.54. The first-order valence-corrected chi connectivity index (χ1v) is 29.5. The number of nitrogens with zero attached hydrogens (tertiary/aromatic N) is 6. The molecule has 1 aliphatic carbocycles. The van der Waals surface area contributed by atoms with E-state index in [1.165, 1.54) is 16.6 Å². The summed E-state index contributed by atoms with van der Waals surface area (Å²) in [6, 6.07) is 10.2. The number of aliphatic hydroxyl groups excluding tert-OH is 1. The third-order valence-corrected chi connectivity index (χ3v) is 24.2. The molecule has 14 nitrogen and oxygen atoms in total. The summed E-state index contributed by atoms with van der Waals surface area (Å²) in [5, 5.41) is 14.3. The Bertz CT molecular complexity index is 2370. The van der Waals surface area contributed by atoms with Gasteiger partial charge in [-0.15, -0.1) is 0 Å². The Hall–Kier alpha value is -3.99. The van der Waals surface area contributed by atoms with Crippen LogP contribution in [0.2, 0.25) is 8.35 Å². The normalized spacial score (nSPS) is 27.0. The molecule has 8 rings (SSSR count). The van der Waals surface area contributed by atoms with E-state index in [2.05, 4.69) is 77.6 Å². The molecule has 15 heteroatoms. The Morgan fingerprint density at radius 1 is 1.17 bits per heavy atom. The van der Waals surface area contributed by atoms with E-state index in [4.69, 9.17) is 14.5 Å². The molecule has 0 saturated carbocycles. The van der Waals surface area contributed by atoms with Crippen molar-refractivity contribution >= 4 is 64.9 Å². The predicted molar refractivity (Wildman–Crippen MR) is 244 cm³/mol. The van der Waals surface area contributed by atoms with Gasteiger partial charge in [0.25, 0.3) is 0 Å². The monoisotopic (exact) mass is 963 g/mol. The number of rotatable bonds is 8. The summed E-state index contributed by atoms with van der Waals surface area (Å²) in [5.74, 6) is -1.69. The minimum atomic E-state index is -3.34. The number of likely N-dealkylation sites (tertiary alicyclic amines) is 1. The van der Waals surface area contributed by atoms with Gasteiger partial charge in [-0.05, 0) is 19.1 Å². The van der Waals surface area contributed by atoms with Crippen molar-refractivity contribution in [2.24, 2.45) is 22.2 Å². The molecule has 1 aromatic carbocycles. The van der Waals surface area contributed by atoms with Crippen molar-refractivity contribution in [1.29, 1.82) is 0 Å². The number of hydrogen-bond acceptors (Lipinski definition) is 10. The van der Waals surface area contributed by atoms with Gasteiger partial charge in [0.05, 0.1) is 11.4 Å². The second-order valence-electron chi connectivity index (χ2n) is 19.1. The van der Waals surface area contributed by atoms with Crippen LogP contribution in [0.4, 0.5) is 0 Å². The molecule has 0 radical (unpaired) electrons. The Morgan fingerprint density at radius 3 is 2.70 bits per heavy atom. The predicted octanol–water partition coefficient (Wildman–Crippen LogP) is 5.34. The number of carbonyl (C=O) groups is 4. The zero-order valence-corrected chi connectivity index (χ0v) is 41.1. The second-order valence-corrected chi connectivity index (χ2v) is 27.2. The molecule has 3 aromatic rings. The van der Waals surface area contributed by atoms with Crippen LogP contribution >= 0.6 is 0 Å². The number of benzene rings is 1. The number of methoxy groups -OCH3 is 1. The van der Waals surface area contributed by atoms with Gasteiger partial charge in [0.2, 0.25) is 0 Å². The number of ether oxygens (including phenoxy) is 2. The van der Waals surface area contributed by atoms with Crippen LogP contribution < -0.4 is 5.43 Å².